The van der Waals surface area contributed by atoms with Gasteiger partial charge in [-0.25, -0.2) is 13.4 Å². The number of nitrogens with one attached hydrogen (secondary N) is 1. The van der Waals surface area contributed by atoms with E-state index in [1.165, 1.54) is 12.1 Å². The summed E-state index contributed by atoms with van der Waals surface area (Å²) in [5.74, 6) is 0.405. The second-order valence-corrected chi connectivity index (χ2v) is 8.32. The molecular weight excluding hydrogens is 354 g/mol. The van der Waals surface area contributed by atoms with E-state index in [9.17, 15) is 13.2 Å². The van der Waals surface area contributed by atoms with E-state index in [-0.39, 0.29) is 29.1 Å². The van der Waals surface area contributed by atoms with Gasteiger partial charge in [-0.3, -0.25) is 4.79 Å². The van der Waals surface area contributed by atoms with Gasteiger partial charge in [0.1, 0.15) is 5.75 Å². The lowest BCUT2D eigenvalue weighted by atomic mass is 10.1. The van der Waals surface area contributed by atoms with Crippen LogP contribution < -0.4 is 15.8 Å². The predicted molar refractivity (Wildman–Crippen MR) is 98.5 cm³/mol. The molecule has 1 amide bonds. The number of hydrogen-bond donors (Lipinski definition) is 2. The van der Waals surface area contributed by atoms with Crippen molar-refractivity contribution in [1.29, 1.82) is 0 Å². The van der Waals surface area contributed by atoms with Crippen LogP contribution in [0.3, 0.4) is 0 Å². The highest BCUT2D eigenvalue weighted by molar-refractivity contribution is 7.90. The molecule has 0 aliphatic heterocycles. The molecule has 0 spiro atoms. The number of ether oxygens (including phenoxy) is 1. The van der Waals surface area contributed by atoms with Gasteiger partial charge in [-0.2, -0.15) is 0 Å². The van der Waals surface area contributed by atoms with Crippen molar-refractivity contribution in [3.8, 4) is 11.6 Å². The summed E-state index contributed by atoms with van der Waals surface area (Å²) in [4.78, 5) is 16.3. The summed E-state index contributed by atoms with van der Waals surface area (Å²) in [6.45, 7) is 3.95. The molecule has 140 valence electrons. The van der Waals surface area contributed by atoms with Gasteiger partial charge in [-0.1, -0.05) is 26.0 Å². The molecule has 0 radical (unpaired) electrons. The van der Waals surface area contributed by atoms with E-state index in [0.717, 1.165) is 6.26 Å². The molecule has 0 aliphatic carbocycles. The van der Waals surface area contributed by atoms with Gasteiger partial charge in [0.25, 0.3) is 0 Å². The van der Waals surface area contributed by atoms with Gasteiger partial charge in [0, 0.05) is 24.6 Å². The lowest BCUT2D eigenvalue weighted by molar-refractivity contribution is -0.123. The first-order chi connectivity index (χ1) is 12.2. The summed E-state index contributed by atoms with van der Waals surface area (Å²) in [5, 5.41) is 2.76. The third-order valence-electron chi connectivity index (χ3n) is 3.77. The molecule has 1 aromatic heterocycles. The van der Waals surface area contributed by atoms with Crippen LogP contribution in [0.5, 0.6) is 11.6 Å². The number of aromatic nitrogens is 1. The molecule has 2 aromatic rings. The van der Waals surface area contributed by atoms with Crippen LogP contribution >= 0.6 is 0 Å². The van der Waals surface area contributed by atoms with Gasteiger partial charge >= 0.3 is 0 Å². The van der Waals surface area contributed by atoms with E-state index >= 15 is 0 Å². The smallest absolute Gasteiger partial charge is 0.237 e. The van der Waals surface area contributed by atoms with Crippen molar-refractivity contribution in [2.45, 2.75) is 31.3 Å². The predicted octanol–water partition coefficient (Wildman–Crippen LogP) is 1.88. The number of sulfone groups is 1. The minimum absolute atomic E-state index is 0.0263. The summed E-state index contributed by atoms with van der Waals surface area (Å²) in [5.41, 5.74) is 6.48. The lowest BCUT2D eigenvalue weighted by Crippen LogP contribution is -2.43. The van der Waals surface area contributed by atoms with E-state index in [4.69, 9.17) is 10.5 Å². The Morgan fingerprint density at radius 1 is 1.27 bits per heavy atom. The minimum atomic E-state index is -3.34. The first-order valence-corrected chi connectivity index (χ1v) is 10.0. The van der Waals surface area contributed by atoms with Crippen LogP contribution in [0.15, 0.2) is 47.5 Å². The molecule has 1 atom stereocenters. The quantitative estimate of drug-likeness (QED) is 0.762. The van der Waals surface area contributed by atoms with Gasteiger partial charge in [-0.05, 0) is 30.2 Å². The Kier molecular flexibility index (Phi) is 6.33. The largest absolute Gasteiger partial charge is 0.439 e. The van der Waals surface area contributed by atoms with Crippen molar-refractivity contribution in [2.75, 3.05) is 6.26 Å². The Balaban J connectivity index is 2.16. The van der Waals surface area contributed by atoms with Crippen molar-refractivity contribution >= 4 is 15.7 Å². The third-order valence-corrected chi connectivity index (χ3v) is 4.88. The Bertz CT molecular complexity index is 882. The van der Waals surface area contributed by atoms with Gasteiger partial charge in [0.15, 0.2) is 9.84 Å². The molecule has 26 heavy (non-hydrogen) atoms. The number of benzene rings is 1. The van der Waals surface area contributed by atoms with Crippen LogP contribution in [0.4, 0.5) is 0 Å². The van der Waals surface area contributed by atoms with Crippen LogP contribution in [0, 0.1) is 5.92 Å². The highest BCUT2D eigenvalue weighted by Crippen LogP contribution is 2.25. The minimum Gasteiger partial charge on any atom is -0.439 e. The number of carbonyl (C=O) groups excluding carboxylic acids is 1. The molecule has 0 saturated carbocycles. The first-order valence-electron chi connectivity index (χ1n) is 8.13. The van der Waals surface area contributed by atoms with Crippen LogP contribution in [0.2, 0.25) is 0 Å². The highest BCUT2D eigenvalue weighted by Gasteiger charge is 2.17. The fraction of sp³-hybridized carbons (Fsp3) is 0.333. The zero-order valence-electron chi connectivity index (χ0n) is 15.0. The van der Waals surface area contributed by atoms with Gasteiger partial charge in [0.2, 0.25) is 11.8 Å². The van der Waals surface area contributed by atoms with E-state index in [2.05, 4.69) is 10.3 Å². The monoisotopic (exact) mass is 377 g/mol. The number of rotatable bonds is 7. The number of pyridine rings is 1. The van der Waals surface area contributed by atoms with Crippen LogP contribution in [0.25, 0.3) is 0 Å². The van der Waals surface area contributed by atoms with Gasteiger partial charge < -0.3 is 15.8 Å². The topological polar surface area (TPSA) is 111 Å². The molecule has 2 rings (SSSR count). The fourth-order valence-corrected chi connectivity index (χ4v) is 2.79. The molecule has 3 N–H and O–H groups in total. The zero-order valence-corrected chi connectivity index (χ0v) is 15.8. The number of nitrogens with zero attached hydrogens (tertiary/aromatic N) is 1. The average Bonchev–Trinajstić information content (AvgIpc) is 2.59. The maximum absolute atomic E-state index is 12.0. The van der Waals surface area contributed by atoms with E-state index in [1.807, 2.05) is 13.8 Å². The van der Waals surface area contributed by atoms with Crippen molar-refractivity contribution in [1.82, 2.24) is 10.3 Å². The average molecular weight is 377 g/mol. The Morgan fingerprint density at radius 3 is 2.65 bits per heavy atom. The second-order valence-electron chi connectivity index (χ2n) is 6.30. The Labute approximate surface area is 153 Å². The van der Waals surface area contributed by atoms with E-state index in [0.29, 0.717) is 11.3 Å². The standard InChI is InChI=1S/C18H23N3O4S/c1-12(2)16(19)17(22)21-11-13-6-5-9-20-18(13)25-14-7-4-8-15(10-14)26(3,23)24/h4-10,12,16H,11,19H2,1-3H3,(H,21,22)/t16-/m0/s1. The molecule has 7 nitrogen and oxygen atoms in total. The molecule has 0 fully saturated rings. The molecule has 0 aliphatic rings. The van der Waals surface area contributed by atoms with Crippen molar-refractivity contribution in [3.63, 3.8) is 0 Å². The van der Waals surface area contributed by atoms with E-state index < -0.39 is 15.9 Å². The number of carbonyl (C=O) groups is 1. The van der Waals surface area contributed by atoms with Gasteiger partial charge in [0.05, 0.1) is 10.9 Å². The van der Waals surface area contributed by atoms with Crippen molar-refractivity contribution in [3.05, 3.63) is 48.2 Å². The Morgan fingerprint density at radius 2 is 2.00 bits per heavy atom. The van der Waals surface area contributed by atoms with Crippen LogP contribution in [-0.2, 0) is 21.2 Å². The molecule has 1 aromatic carbocycles. The van der Waals surface area contributed by atoms with Crippen LogP contribution in [0.1, 0.15) is 19.4 Å². The molecule has 8 heteroatoms. The Hall–Kier alpha value is -2.45. The molecule has 1 heterocycles. The normalized spacial score (nSPS) is 12.7. The summed E-state index contributed by atoms with van der Waals surface area (Å²) < 4.78 is 29.1. The molecular formula is C18H23N3O4S. The fourth-order valence-electron chi connectivity index (χ4n) is 2.13. The molecule has 0 saturated heterocycles. The SMILES string of the molecule is CC(C)[C@H](N)C(=O)NCc1cccnc1Oc1cccc(S(C)(=O)=O)c1. The summed E-state index contributed by atoms with van der Waals surface area (Å²) in [7, 11) is -3.34. The van der Waals surface area contributed by atoms with Crippen LogP contribution in [-0.4, -0.2) is 31.6 Å². The first kappa shape index (κ1) is 19.9. The van der Waals surface area contributed by atoms with Crippen molar-refractivity contribution < 1.29 is 17.9 Å². The van der Waals surface area contributed by atoms with Gasteiger partial charge in [-0.15, -0.1) is 0 Å². The molecule has 0 unspecified atom stereocenters. The maximum Gasteiger partial charge on any atom is 0.237 e. The summed E-state index contributed by atoms with van der Waals surface area (Å²) >= 11 is 0. The number of amides is 1. The van der Waals surface area contributed by atoms with Crippen molar-refractivity contribution in [2.24, 2.45) is 11.7 Å². The van der Waals surface area contributed by atoms with E-state index in [1.54, 1.807) is 30.5 Å². The third kappa shape index (κ3) is 5.27. The zero-order chi connectivity index (χ0) is 19.3. The maximum atomic E-state index is 12.0. The second kappa shape index (κ2) is 8.29. The number of hydrogen-bond acceptors (Lipinski definition) is 6. The number of nitrogens with two attached hydrogens (primary N) is 1. The summed E-state index contributed by atoms with van der Waals surface area (Å²) in [6.07, 6.45) is 2.69. The molecule has 0 bridgehead atoms. The lowest BCUT2D eigenvalue weighted by Gasteiger charge is -2.16. The summed E-state index contributed by atoms with van der Waals surface area (Å²) in [6, 6.07) is 9.06. The highest BCUT2D eigenvalue weighted by atomic mass is 32.2.